The maximum Gasteiger partial charge on any atom is 0.252 e. The highest BCUT2D eigenvalue weighted by atomic mass is 16.2. The van der Waals surface area contributed by atoms with E-state index in [2.05, 4.69) is 5.32 Å². The molecule has 6 heteroatoms. The average Bonchev–Trinajstić information content (AvgIpc) is 3.03. The van der Waals surface area contributed by atoms with E-state index in [4.69, 9.17) is 5.26 Å². The number of nitrogens with one attached hydrogen (secondary N) is 1. The second-order valence-electron chi connectivity index (χ2n) is 5.02. The Balaban J connectivity index is 2.31. The number of hydrogen-bond acceptors (Lipinski definition) is 4. The number of carbonyl (C=O) groups is 3. The van der Waals surface area contributed by atoms with E-state index in [9.17, 15) is 14.4 Å². The third kappa shape index (κ3) is 1.58. The first-order valence-electron chi connectivity index (χ1n) is 5.41. The van der Waals surface area contributed by atoms with Gasteiger partial charge in [0.1, 0.15) is 17.5 Å². The van der Waals surface area contributed by atoms with Crippen LogP contribution in [0.2, 0.25) is 0 Å². The van der Waals surface area contributed by atoms with Crippen LogP contribution in [0.15, 0.2) is 0 Å². The van der Waals surface area contributed by atoms with E-state index in [1.807, 2.05) is 6.07 Å². The quantitative estimate of drug-likeness (QED) is 0.623. The number of amides is 3. The van der Waals surface area contributed by atoms with Gasteiger partial charge in [-0.2, -0.15) is 5.26 Å². The van der Waals surface area contributed by atoms with Crippen molar-refractivity contribution < 1.29 is 14.4 Å². The summed E-state index contributed by atoms with van der Waals surface area (Å²) >= 11 is 0. The van der Waals surface area contributed by atoms with Crippen LogP contribution < -0.4 is 5.32 Å². The van der Waals surface area contributed by atoms with Crippen molar-refractivity contribution in [3.8, 4) is 6.07 Å². The van der Waals surface area contributed by atoms with Gasteiger partial charge in [-0.25, -0.2) is 0 Å². The largest absolute Gasteiger partial charge is 0.318 e. The first kappa shape index (κ1) is 11.6. The summed E-state index contributed by atoms with van der Waals surface area (Å²) in [6.45, 7) is 2.97. The molecule has 6 nitrogen and oxygen atoms in total. The molecule has 0 radical (unpaired) electrons. The van der Waals surface area contributed by atoms with E-state index in [0.717, 1.165) is 0 Å². The predicted molar refractivity (Wildman–Crippen MR) is 56.2 cm³/mol. The molecule has 0 bridgehead atoms. The van der Waals surface area contributed by atoms with Crippen LogP contribution in [0.3, 0.4) is 0 Å². The van der Waals surface area contributed by atoms with Gasteiger partial charge < -0.3 is 4.90 Å². The molecule has 90 valence electrons. The molecule has 2 rings (SSSR count). The Morgan fingerprint density at radius 2 is 2.00 bits per heavy atom. The van der Waals surface area contributed by atoms with Crippen molar-refractivity contribution in [3.63, 3.8) is 0 Å². The van der Waals surface area contributed by atoms with E-state index in [-0.39, 0.29) is 6.54 Å². The lowest BCUT2D eigenvalue weighted by atomic mass is 9.95. The number of rotatable bonds is 1. The van der Waals surface area contributed by atoms with Crippen molar-refractivity contribution >= 4 is 17.7 Å². The normalized spacial score (nSPS) is 24.9. The van der Waals surface area contributed by atoms with Crippen molar-refractivity contribution in [1.82, 2.24) is 10.2 Å². The van der Waals surface area contributed by atoms with Crippen molar-refractivity contribution in [1.29, 1.82) is 5.26 Å². The fraction of sp³-hybridized carbons (Fsp3) is 0.636. The molecule has 2 fully saturated rings. The maximum atomic E-state index is 12.2. The Bertz CT molecular complexity index is 457. The van der Waals surface area contributed by atoms with Crippen molar-refractivity contribution in [2.75, 3.05) is 6.54 Å². The van der Waals surface area contributed by atoms with E-state index in [1.165, 1.54) is 4.90 Å². The molecule has 0 aromatic heterocycles. The summed E-state index contributed by atoms with van der Waals surface area (Å²) in [5.41, 5.74) is -2.09. The highest BCUT2D eigenvalue weighted by Gasteiger charge is 2.57. The minimum absolute atomic E-state index is 0.166. The standard InChI is InChI=1S/C11H13N3O3/c1-10(2)8(16)13-7(15)5-14(10)9(17)11(6-12)3-4-11/h3-5H2,1-2H3,(H,13,15,16). The van der Waals surface area contributed by atoms with E-state index >= 15 is 0 Å². The van der Waals surface area contributed by atoms with Gasteiger partial charge in [0.05, 0.1) is 6.07 Å². The summed E-state index contributed by atoms with van der Waals surface area (Å²) < 4.78 is 0. The zero-order chi connectivity index (χ0) is 12.8. The molecule has 0 unspecified atom stereocenters. The molecular formula is C11H13N3O3. The first-order chi connectivity index (χ1) is 7.83. The number of piperazine rings is 1. The van der Waals surface area contributed by atoms with Crippen LogP contribution in [0, 0.1) is 16.7 Å². The fourth-order valence-electron chi connectivity index (χ4n) is 1.87. The van der Waals surface area contributed by atoms with Crippen LogP contribution in [0.1, 0.15) is 26.7 Å². The van der Waals surface area contributed by atoms with Crippen molar-refractivity contribution in [2.45, 2.75) is 32.2 Å². The molecule has 0 aromatic carbocycles. The number of imide groups is 1. The van der Waals surface area contributed by atoms with Crippen LogP contribution in [0.4, 0.5) is 0 Å². The fourth-order valence-corrected chi connectivity index (χ4v) is 1.87. The Hall–Kier alpha value is -1.90. The zero-order valence-corrected chi connectivity index (χ0v) is 9.74. The smallest absolute Gasteiger partial charge is 0.252 e. The molecule has 1 aliphatic heterocycles. The van der Waals surface area contributed by atoms with Gasteiger partial charge >= 0.3 is 0 Å². The molecule has 3 amide bonds. The topological polar surface area (TPSA) is 90.3 Å². The Morgan fingerprint density at radius 1 is 1.41 bits per heavy atom. The molecule has 17 heavy (non-hydrogen) atoms. The van der Waals surface area contributed by atoms with Gasteiger partial charge in [-0.3, -0.25) is 19.7 Å². The van der Waals surface area contributed by atoms with Gasteiger partial charge in [0, 0.05) is 0 Å². The third-order valence-electron chi connectivity index (χ3n) is 3.40. The van der Waals surface area contributed by atoms with Crippen LogP contribution in [-0.4, -0.2) is 34.7 Å². The first-order valence-corrected chi connectivity index (χ1v) is 5.41. The molecule has 0 atom stereocenters. The van der Waals surface area contributed by atoms with Gasteiger partial charge in [-0.15, -0.1) is 0 Å². The van der Waals surface area contributed by atoms with Crippen molar-refractivity contribution in [3.05, 3.63) is 0 Å². The summed E-state index contributed by atoms with van der Waals surface area (Å²) in [5, 5.41) is 11.2. The van der Waals surface area contributed by atoms with Crippen LogP contribution in [-0.2, 0) is 14.4 Å². The molecule has 1 saturated carbocycles. The second-order valence-corrected chi connectivity index (χ2v) is 5.02. The molecular weight excluding hydrogens is 222 g/mol. The van der Waals surface area contributed by atoms with Gasteiger partial charge in [0.2, 0.25) is 11.8 Å². The summed E-state index contributed by atoms with van der Waals surface area (Å²) in [6, 6.07) is 1.98. The highest BCUT2D eigenvalue weighted by molar-refractivity contribution is 6.07. The lowest BCUT2D eigenvalue weighted by Gasteiger charge is -2.41. The molecule has 1 heterocycles. The Labute approximate surface area is 98.6 Å². The lowest BCUT2D eigenvalue weighted by Crippen LogP contribution is -2.66. The number of carbonyl (C=O) groups excluding carboxylic acids is 3. The number of nitrogens with zero attached hydrogens (tertiary/aromatic N) is 2. The Kier molecular flexibility index (Phi) is 2.24. The van der Waals surface area contributed by atoms with Gasteiger partial charge in [0.25, 0.3) is 5.91 Å². The second kappa shape index (κ2) is 3.29. The van der Waals surface area contributed by atoms with E-state index in [0.29, 0.717) is 12.8 Å². The highest BCUT2D eigenvalue weighted by Crippen LogP contribution is 2.47. The molecule has 1 N–H and O–H groups in total. The van der Waals surface area contributed by atoms with Gasteiger partial charge in [-0.05, 0) is 26.7 Å². The third-order valence-corrected chi connectivity index (χ3v) is 3.40. The predicted octanol–water partition coefficient (Wildman–Crippen LogP) is -0.446. The molecule has 0 spiro atoms. The summed E-state index contributed by atoms with van der Waals surface area (Å²) in [6.07, 6.45) is 1.01. The zero-order valence-electron chi connectivity index (χ0n) is 9.74. The summed E-state index contributed by atoms with van der Waals surface area (Å²) in [4.78, 5) is 36.4. The SMILES string of the molecule is CC1(C)C(=O)NC(=O)CN1C(=O)C1(C#N)CC1. The van der Waals surface area contributed by atoms with Crippen LogP contribution >= 0.6 is 0 Å². The summed E-state index contributed by atoms with van der Waals surface area (Å²) in [7, 11) is 0. The number of hydrogen-bond donors (Lipinski definition) is 1. The average molecular weight is 235 g/mol. The molecule has 0 aromatic rings. The molecule has 1 saturated heterocycles. The minimum atomic E-state index is -1.09. The number of nitriles is 1. The van der Waals surface area contributed by atoms with Gasteiger partial charge in [0.15, 0.2) is 0 Å². The Morgan fingerprint density at radius 3 is 2.47 bits per heavy atom. The van der Waals surface area contributed by atoms with Crippen LogP contribution in [0.25, 0.3) is 0 Å². The van der Waals surface area contributed by atoms with Gasteiger partial charge in [-0.1, -0.05) is 0 Å². The molecule has 2 aliphatic rings. The van der Waals surface area contributed by atoms with E-state index in [1.54, 1.807) is 13.8 Å². The van der Waals surface area contributed by atoms with Crippen LogP contribution in [0.5, 0.6) is 0 Å². The van der Waals surface area contributed by atoms with E-state index < -0.39 is 28.7 Å². The lowest BCUT2D eigenvalue weighted by molar-refractivity contribution is -0.157. The maximum absolute atomic E-state index is 12.2. The summed E-state index contributed by atoms with van der Waals surface area (Å²) in [5.74, 6) is -1.42. The monoisotopic (exact) mass is 235 g/mol. The van der Waals surface area contributed by atoms with Crippen molar-refractivity contribution in [2.24, 2.45) is 5.41 Å². The minimum Gasteiger partial charge on any atom is -0.318 e. The molecule has 1 aliphatic carbocycles.